The second-order valence-electron chi connectivity index (χ2n) is 4.20. The summed E-state index contributed by atoms with van der Waals surface area (Å²) < 4.78 is 0. The summed E-state index contributed by atoms with van der Waals surface area (Å²) in [6.45, 7) is 3.47. The summed E-state index contributed by atoms with van der Waals surface area (Å²) in [5.41, 5.74) is 0.916. The van der Waals surface area contributed by atoms with Gasteiger partial charge in [-0.2, -0.15) is 5.21 Å². The van der Waals surface area contributed by atoms with Gasteiger partial charge < -0.3 is 10.4 Å². The maximum absolute atomic E-state index is 12.1. The minimum atomic E-state index is -1.11. The van der Waals surface area contributed by atoms with Crippen LogP contribution in [-0.4, -0.2) is 43.6 Å². The van der Waals surface area contributed by atoms with Crippen LogP contribution in [0.4, 0.5) is 0 Å². The van der Waals surface area contributed by atoms with E-state index in [0.29, 0.717) is 17.0 Å². The van der Waals surface area contributed by atoms with Crippen LogP contribution in [0.2, 0.25) is 0 Å². The molecule has 2 rings (SSSR count). The molecule has 21 heavy (non-hydrogen) atoms. The Hall–Kier alpha value is -3.03. The highest BCUT2D eigenvalue weighted by Crippen LogP contribution is 2.15. The molecular weight excluding hydrogens is 274 g/mol. The zero-order chi connectivity index (χ0) is 15.2. The van der Waals surface area contributed by atoms with E-state index in [0.717, 1.165) is 0 Å². The number of nitrogens with zero attached hydrogens (tertiary/aromatic N) is 3. The summed E-state index contributed by atoms with van der Waals surface area (Å²) in [7, 11) is 0. The van der Waals surface area contributed by atoms with Crippen molar-refractivity contribution in [3.63, 3.8) is 0 Å². The first-order chi connectivity index (χ1) is 10.1. The van der Waals surface area contributed by atoms with E-state index in [9.17, 15) is 9.59 Å². The number of aromatic amines is 1. The van der Waals surface area contributed by atoms with Crippen molar-refractivity contribution >= 4 is 11.9 Å². The third kappa shape index (κ3) is 3.50. The fourth-order valence-corrected chi connectivity index (χ4v) is 1.71. The Kier molecular flexibility index (Phi) is 4.39. The zero-order valence-corrected chi connectivity index (χ0v) is 11.0. The van der Waals surface area contributed by atoms with Gasteiger partial charge in [-0.25, -0.2) is 4.79 Å². The molecular formula is C13H13N5O3. The average molecular weight is 287 g/mol. The molecule has 108 valence electrons. The predicted molar refractivity (Wildman–Crippen MR) is 73.3 cm³/mol. The van der Waals surface area contributed by atoms with Gasteiger partial charge in [0.05, 0.1) is 0 Å². The van der Waals surface area contributed by atoms with Crippen molar-refractivity contribution in [2.45, 2.75) is 12.5 Å². The van der Waals surface area contributed by atoms with E-state index in [4.69, 9.17) is 5.11 Å². The molecule has 0 radical (unpaired) electrons. The summed E-state index contributed by atoms with van der Waals surface area (Å²) in [5, 5.41) is 24.8. The lowest BCUT2D eigenvalue weighted by Crippen LogP contribution is -2.40. The first-order valence-corrected chi connectivity index (χ1v) is 6.10. The number of carboxylic acids is 1. The molecule has 0 saturated heterocycles. The summed E-state index contributed by atoms with van der Waals surface area (Å²) in [5.74, 6) is -1.25. The van der Waals surface area contributed by atoms with Gasteiger partial charge in [-0.05, 0) is 23.8 Å². The lowest BCUT2D eigenvalue weighted by atomic mass is 10.1. The van der Waals surface area contributed by atoms with Crippen LogP contribution in [0.3, 0.4) is 0 Å². The highest BCUT2D eigenvalue weighted by molar-refractivity contribution is 5.97. The summed E-state index contributed by atoms with van der Waals surface area (Å²) in [4.78, 5) is 23.1. The van der Waals surface area contributed by atoms with E-state index in [1.807, 2.05) is 0 Å². The fourth-order valence-electron chi connectivity index (χ4n) is 1.71. The van der Waals surface area contributed by atoms with Crippen molar-refractivity contribution in [1.29, 1.82) is 0 Å². The van der Waals surface area contributed by atoms with Gasteiger partial charge in [-0.1, -0.05) is 18.2 Å². The summed E-state index contributed by atoms with van der Waals surface area (Å²) >= 11 is 0. The number of hydrogen-bond donors (Lipinski definition) is 3. The Labute approximate surface area is 119 Å². The number of benzene rings is 1. The average Bonchev–Trinajstić information content (AvgIpc) is 3.01. The third-order valence-electron chi connectivity index (χ3n) is 2.73. The standard InChI is InChI=1S/C13H13N5O3/c1-2-4-10(13(20)21)14-12(19)9-6-3-5-8(7-9)11-15-17-18-16-11/h2-3,5-7,10H,1,4H2,(H,14,19)(H,20,21)(H,15,16,17,18). The normalized spacial score (nSPS) is 11.6. The molecule has 1 aromatic carbocycles. The monoisotopic (exact) mass is 287 g/mol. The molecule has 8 heteroatoms. The van der Waals surface area contributed by atoms with Crippen LogP contribution < -0.4 is 5.32 Å². The van der Waals surface area contributed by atoms with Crippen LogP contribution in [0, 0.1) is 0 Å². The Morgan fingerprint density at radius 1 is 1.48 bits per heavy atom. The maximum atomic E-state index is 12.1. The van der Waals surface area contributed by atoms with Crippen molar-refractivity contribution in [1.82, 2.24) is 25.9 Å². The molecule has 1 aromatic heterocycles. The van der Waals surface area contributed by atoms with Crippen molar-refractivity contribution in [3.05, 3.63) is 42.5 Å². The number of H-pyrrole nitrogens is 1. The molecule has 0 aliphatic heterocycles. The second-order valence-corrected chi connectivity index (χ2v) is 4.20. The Morgan fingerprint density at radius 3 is 2.90 bits per heavy atom. The van der Waals surface area contributed by atoms with Crippen LogP contribution in [-0.2, 0) is 4.79 Å². The Balaban J connectivity index is 2.18. The number of hydrogen-bond acceptors (Lipinski definition) is 5. The van der Waals surface area contributed by atoms with Gasteiger partial charge in [0.25, 0.3) is 5.91 Å². The highest BCUT2D eigenvalue weighted by atomic mass is 16.4. The van der Waals surface area contributed by atoms with Crippen LogP contribution in [0.15, 0.2) is 36.9 Å². The fraction of sp³-hybridized carbons (Fsp3) is 0.154. The topological polar surface area (TPSA) is 121 Å². The number of carbonyl (C=O) groups is 2. The maximum Gasteiger partial charge on any atom is 0.326 e. The molecule has 0 saturated carbocycles. The van der Waals surface area contributed by atoms with Crippen molar-refractivity contribution in [2.24, 2.45) is 0 Å². The van der Waals surface area contributed by atoms with Crippen LogP contribution in [0.1, 0.15) is 16.8 Å². The molecule has 1 heterocycles. The molecule has 1 unspecified atom stereocenters. The number of amides is 1. The van der Waals surface area contributed by atoms with Crippen LogP contribution in [0.25, 0.3) is 11.4 Å². The number of aliphatic carboxylic acids is 1. The number of aromatic nitrogens is 4. The molecule has 0 fully saturated rings. The quantitative estimate of drug-likeness (QED) is 0.670. The number of rotatable bonds is 6. The lowest BCUT2D eigenvalue weighted by molar-refractivity contribution is -0.139. The largest absolute Gasteiger partial charge is 0.480 e. The van der Waals surface area contributed by atoms with Crippen molar-refractivity contribution in [2.75, 3.05) is 0 Å². The van der Waals surface area contributed by atoms with Gasteiger partial charge in [0.1, 0.15) is 6.04 Å². The third-order valence-corrected chi connectivity index (χ3v) is 2.73. The minimum absolute atomic E-state index is 0.144. The second kappa shape index (κ2) is 6.42. The van der Waals surface area contributed by atoms with Crippen molar-refractivity contribution < 1.29 is 14.7 Å². The van der Waals surface area contributed by atoms with Crippen molar-refractivity contribution in [3.8, 4) is 11.4 Å². The smallest absolute Gasteiger partial charge is 0.326 e. The Bertz CT molecular complexity index is 654. The van der Waals surface area contributed by atoms with Crippen LogP contribution >= 0.6 is 0 Å². The van der Waals surface area contributed by atoms with E-state index in [1.165, 1.54) is 6.08 Å². The molecule has 0 aliphatic rings. The summed E-state index contributed by atoms with van der Waals surface area (Å²) in [6, 6.07) is 5.51. The van der Waals surface area contributed by atoms with E-state index in [1.54, 1.807) is 24.3 Å². The van der Waals surface area contributed by atoms with E-state index in [2.05, 4.69) is 32.5 Å². The molecule has 0 spiro atoms. The van der Waals surface area contributed by atoms with E-state index in [-0.39, 0.29) is 6.42 Å². The van der Waals surface area contributed by atoms with Gasteiger partial charge in [0, 0.05) is 11.1 Å². The molecule has 3 N–H and O–H groups in total. The van der Waals surface area contributed by atoms with Gasteiger partial charge in [-0.15, -0.1) is 16.8 Å². The number of carbonyl (C=O) groups excluding carboxylic acids is 1. The molecule has 2 aromatic rings. The number of nitrogens with one attached hydrogen (secondary N) is 2. The molecule has 1 amide bonds. The van der Waals surface area contributed by atoms with E-state index < -0.39 is 17.9 Å². The molecule has 0 aliphatic carbocycles. The Morgan fingerprint density at radius 2 is 2.29 bits per heavy atom. The van der Waals surface area contributed by atoms with Gasteiger partial charge in [0.2, 0.25) is 5.82 Å². The van der Waals surface area contributed by atoms with E-state index >= 15 is 0 Å². The SMILES string of the molecule is C=CCC(NC(=O)c1cccc(-c2nn[nH]n2)c1)C(=O)O. The first kappa shape index (κ1) is 14.4. The van der Waals surface area contributed by atoms with Gasteiger partial charge in [-0.3, -0.25) is 4.79 Å². The first-order valence-electron chi connectivity index (χ1n) is 6.10. The number of tetrazole rings is 1. The lowest BCUT2D eigenvalue weighted by Gasteiger charge is -2.12. The predicted octanol–water partition coefficient (Wildman–Crippen LogP) is 0.626. The molecule has 1 atom stereocenters. The van der Waals surface area contributed by atoms with Crippen LogP contribution in [0.5, 0.6) is 0 Å². The van der Waals surface area contributed by atoms with Gasteiger partial charge in [0.15, 0.2) is 0 Å². The zero-order valence-electron chi connectivity index (χ0n) is 11.0. The summed E-state index contributed by atoms with van der Waals surface area (Å²) in [6.07, 6.45) is 1.58. The molecule has 8 nitrogen and oxygen atoms in total. The van der Waals surface area contributed by atoms with Gasteiger partial charge >= 0.3 is 5.97 Å². The highest BCUT2D eigenvalue weighted by Gasteiger charge is 2.19. The minimum Gasteiger partial charge on any atom is -0.480 e. The number of carboxylic acid groups (broad SMARTS) is 1. The molecule has 0 bridgehead atoms.